The molecule has 4 atom stereocenters. The largest absolute Gasteiger partial charge is 0.373 e. The molecule has 3 amide bonds. The van der Waals surface area contributed by atoms with Crippen LogP contribution < -0.4 is 10.2 Å². The van der Waals surface area contributed by atoms with Crippen molar-refractivity contribution in [1.29, 1.82) is 0 Å². The second-order valence-electron chi connectivity index (χ2n) is 8.56. The molecule has 2 bridgehead atoms. The molecule has 154 valence electrons. The summed E-state index contributed by atoms with van der Waals surface area (Å²) < 4.78 is 5.85. The summed E-state index contributed by atoms with van der Waals surface area (Å²) in [5.74, 6) is -1.34. The van der Waals surface area contributed by atoms with E-state index >= 15 is 0 Å². The summed E-state index contributed by atoms with van der Waals surface area (Å²) in [5.41, 5.74) is 2.55. The van der Waals surface area contributed by atoms with Crippen LogP contribution >= 0.6 is 11.3 Å². The normalized spacial score (nSPS) is 28.9. The van der Waals surface area contributed by atoms with E-state index in [1.54, 1.807) is 0 Å². The molecule has 3 saturated heterocycles. The maximum atomic E-state index is 13.3. The van der Waals surface area contributed by atoms with E-state index in [1.165, 1.54) is 16.2 Å². The summed E-state index contributed by atoms with van der Waals surface area (Å²) in [6, 6.07) is 9.73. The van der Waals surface area contributed by atoms with Crippen molar-refractivity contribution in [2.24, 2.45) is 11.8 Å². The van der Waals surface area contributed by atoms with E-state index in [9.17, 15) is 14.4 Å². The number of hydrogen-bond donors (Lipinski definition) is 1. The molecule has 6 nitrogen and oxygen atoms in total. The number of fused-ring (bicyclic) bond motifs is 6. The van der Waals surface area contributed by atoms with E-state index < -0.39 is 0 Å². The molecule has 1 aromatic carbocycles. The second kappa shape index (κ2) is 6.75. The van der Waals surface area contributed by atoms with Crippen LogP contribution in [0.2, 0.25) is 0 Å². The highest BCUT2D eigenvalue weighted by atomic mass is 32.1. The summed E-state index contributed by atoms with van der Waals surface area (Å²) in [7, 11) is 0. The van der Waals surface area contributed by atoms with Crippen molar-refractivity contribution < 1.29 is 19.1 Å². The van der Waals surface area contributed by atoms with Crippen molar-refractivity contribution in [3.63, 3.8) is 0 Å². The van der Waals surface area contributed by atoms with Crippen LogP contribution in [-0.2, 0) is 33.7 Å². The van der Waals surface area contributed by atoms with Gasteiger partial charge in [0.05, 0.1) is 29.6 Å². The fourth-order valence-corrected chi connectivity index (χ4v) is 6.96. The molecule has 1 aromatic heterocycles. The molecule has 0 radical (unpaired) electrons. The summed E-state index contributed by atoms with van der Waals surface area (Å²) in [6.45, 7) is 0.412. The van der Waals surface area contributed by atoms with E-state index in [4.69, 9.17) is 4.74 Å². The number of anilines is 1. The fourth-order valence-electron chi connectivity index (χ4n) is 5.56. The number of ether oxygens (including phenoxy) is 1. The topological polar surface area (TPSA) is 75.7 Å². The van der Waals surface area contributed by atoms with Gasteiger partial charge < -0.3 is 10.1 Å². The van der Waals surface area contributed by atoms with Gasteiger partial charge in [0.15, 0.2) is 0 Å². The Labute approximate surface area is 178 Å². The molecule has 0 unspecified atom stereocenters. The highest BCUT2D eigenvalue weighted by Gasteiger charge is 2.63. The van der Waals surface area contributed by atoms with Crippen molar-refractivity contribution in [2.45, 2.75) is 50.9 Å². The third-order valence-electron chi connectivity index (χ3n) is 6.91. The molecule has 4 aliphatic rings. The lowest BCUT2D eigenvalue weighted by molar-refractivity contribution is -0.124. The van der Waals surface area contributed by atoms with Crippen molar-refractivity contribution >= 4 is 34.1 Å². The molecule has 0 saturated carbocycles. The number of nitrogens with zero attached hydrogens (tertiary/aromatic N) is 1. The maximum absolute atomic E-state index is 13.3. The maximum Gasteiger partial charge on any atom is 0.254 e. The number of amides is 3. The number of thiophene rings is 1. The molecule has 3 fully saturated rings. The van der Waals surface area contributed by atoms with Crippen LogP contribution in [0, 0.1) is 11.8 Å². The molecule has 7 heteroatoms. The summed E-state index contributed by atoms with van der Waals surface area (Å²) in [6.07, 6.45) is 4.10. The first kappa shape index (κ1) is 18.3. The Balaban J connectivity index is 1.34. The van der Waals surface area contributed by atoms with Gasteiger partial charge in [0.2, 0.25) is 11.8 Å². The predicted octanol–water partition coefficient (Wildman–Crippen LogP) is 2.83. The zero-order valence-corrected chi connectivity index (χ0v) is 17.2. The van der Waals surface area contributed by atoms with Crippen LogP contribution in [0.5, 0.6) is 0 Å². The first-order chi connectivity index (χ1) is 14.6. The number of carbonyl (C=O) groups excluding carboxylic acids is 3. The van der Waals surface area contributed by atoms with Crippen molar-refractivity contribution in [3.05, 3.63) is 51.9 Å². The first-order valence-corrected chi connectivity index (χ1v) is 11.4. The lowest BCUT2D eigenvalue weighted by Gasteiger charge is -2.18. The van der Waals surface area contributed by atoms with Gasteiger partial charge in [0.1, 0.15) is 5.00 Å². The van der Waals surface area contributed by atoms with Crippen molar-refractivity contribution in [3.8, 4) is 0 Å². The number of rotatable bonds is 4. The van der Waals surface area contributed by atoms with E-state index in [2.05, 4.69) is 5.32 Å². The Morgan fingerprint density at radius 1 is 1.07 bits per heavy atom. The summed E-state index contributed by atoms with van der Waals surface area (Å²) in [4.78, 5) is 42.2. The number of hydrogen-bond acceptors (Lipinski definition) is 5. The predicted molar refractivity (Wildman–Crippen MR) is 111 cm³/mol. The number of aryl methyl sites for hydroxylation is 1. The monoisotopic (exact) mass is 422 g/mol. The molecular formula is C23H22N2O4S. The number of nitrogens with one attached hydrogen (secondary N) is 1. The average molecular weight is 423 g/mol. The van der Waals surface area contributed by atoms with Gasteiger partial charge >= 0.3 is 0 Å². The van der Waals surface area contributed by atoms with Crippen LogP contribution in [0.15, 0.2) is 30.3 Å². The Morgan fingerprint density at radius 3 is 2.47 bits per heavy atom. The Hall–Kier alpha value is -2.51. The van der Waals surface area contributed by atoms with Gasteiger partial charge in [0.25, 0.3) is 5.91 Å². The molecule has 2 aromatic rings. The molecule has 0 spiro atoms. The second-order valence-corrected chi connectivity index (χ2v) is 9.64. The smallest absolute Gasteiger partial charge is 0.254 e. The van der Waals surface area contributed by atoms with Gasteiger partial charge in [-0.25, -0.2) is 4.90 Å². The summed E-state index contributed by atoms with van der Waals surface area (Å²) in [5, 5.41) is 3.52. The molecule has 1 aliphatic carbocycles. The van der Waals surface area contributed by atoms with E-state index in [-0.39, 0.29) is 41.8 Å². The van der Waals surface area contributed by atoms with Crippen LogP contribution in [0.4, 0.5) is 5.00 Å². The third kappa shape index (κ3) is 2.55. The van der Waals surface area contributed by atoms with Crippen molar-refractivity contribution in [2.75, 3.05) is 4.90 Å². The van der Waals surface area contributed by atoms with Crippen LogP contribution in [-0.4, -0.2) is 29.9 Å². The highest BCUT2D eigenvalue weighted by Crippen LogP contribution is 2.51. The Bertz CT molecular complexity index is 1030. The zero-order chi connectivity index (χ0) is 20.4. The first-order valence-electron chi connectivity index (χ1n) is 10.6. The standard InChI is InChI=1S/C23H22N2O4S/c26-20(24-11-12-5-2-1-3-6-12)17-13-7-4-8-16(13)30-23(17)25-21(27)18-14-9-10-15(29-14)19(18)22(25)28/h1-3,5-6,14-15,18-19H,4,7-11H2,(H,24,26)/t14-,15+,18-,19-/m0/s1. The van der Waals surface area contributed by atoms with Gasteiger partial charge in [-0.2, -0.15) is 0 Å². The van der Waals surface area contributed by atoms with Gasteiger partial charge in [0, 0.05) is 11.4 Å². The number of carbonyl (C=O) groups is 3. The molecular weight excluding hydrogens is 400 g/mol. The number of imide groups is 1. The van der Waals surface area contributed by atoms with Crippen molar-refractivity contribution in [1.82, 2.24) is 5.32 Å². The fraction of sp³-hybridized carbons (Fsp3) is 0.435. The minimum Gasteiger partial charge on any atom is -0.373 e. The van der Waals surface area contributed by atoms with Gasteiger partial charge in [-0.05, 0) is 43.2 Å². The lowest BCUT2D eigenvalue weighted by atomic mass is 9.81. The zero-order valence-electron chi connectivity index (χ0n) is 16.4. The molecule has 3 aliphatic heterocycles. The highest BCUT2D eigenvalue weighted by molar-refractivity contribution is 7.17. The van der Waals surface area contributed by atoms with Gasteiger partial charge in [-0.1, -0.05) is 30.3 Å². The average Bonchev–Trinajstić information content (AvgIpc) is 3.54. The van der Waals surface area contributed by atoms with Crippen LogP contribution in [0.25, 0.3) is 0 Å². The van der Waals surface area contributed by atoms with E-state index in [1.807, 2.05) is 30.3 Å². The van der Waals surface area contributed by atoms with Gasteiger partial charge in [-0.3, -0.25) is 14.4 Å². The SMILES string of the molecule is O=C(NCc1ccccc1)c1c(N2C(=O)[C@@H]3[C@@H](C2=O)[C@H]2CC[C@@H]3O2)sc2c1CCC2. The molecule has 4 heterocycles. The van der Waals surface area contributed by atoms with E-state index in [0.717, 1.165) is 48.1 Å². The third-order valence-corrected chi connectivity index (χ3v) is 8.19. The van der Waals surface area contributed by atoms with Gasteiger partial charge in [-0.15, -0.1) is 11.3 Å². The molecule has 30 heavy (non-hydrogen) atoms. The minimum atomic E-state index is -0.381. The Morgan fingerprint density at radius 2 is 1.77 bits per heavy atom. The number of benzene rings is 1. The van der Waals surface area contributed by atoms with Crippen LogP contribution in [0.3, 0.4) is 0 Å². The quantitative estimate of drug-likeness (QED) is 0.769. The molecule has 6 rings (SSSR count). The van der Waals surface area contributed by atoms with E-state index in [0.29, 0.717) is 17.1 Å². The lowest BCUT2D eigenvalue weighted by Crippen LogP contribution is -2.35. The minimum absolute atomic E-state index is 0.149. The molecule has 1 N–H and O–H groups in total. The van der Waals surface area contributed by atoms with Crippen LogP contribution in [0.1, 0.15) is 45.6 Å². The summed E-state index contributed by atoms with van der Waals surface area (Å²) >= 11 is 1.45. The Kier molecular flexibility index (Phi) is 4.11.